The van der Waals surface area contributed by atoms with E-state index in [0.717, 1.165) is 13.0 Å². The van der Waals surface area contributed by atoms with Gasteiger partial charge in [0.2, 0.25) is 0 Å². The summed E-state index contributed by atoms with van der Waals surface area (Å²) in [6.07, 6.45) is 2.31. The number of carbonyl (C=O) groups excluding carboxylic acids is 1. The third-order valence-corrected chi connectivity index (χ3v) is 2.86. The molecule has 0 aliphatic carbocycles. The molecule has 1 aromatic heterocycles. The highest BCUT2D eigenvalue weighted by Gasteiger charge is 2.19. The highest BCUT2D eigenvalue weighted by Crippen LogP contribution is 2.18. The van der Waals surface area contributed by atoms with Crippen molar-refractivity contribution in [1.82, 2.24) is 4.98 Å². The van der Waals surface area contributed by atoms with Crippen LogP contribution in [0, 0.1) is 5.92 Å². The van der Waals surface area contributed by atoms with Crippen LogP contribution in [0.1, 0.15) is 16.8 Å². The van der Waals surface area contributed by atoms with Gasteiger partial charge in [0, 0.05) is 12.5 Å². The van der Waals surface area contributed by atoms with Gasteiger partial charge in [0.15, 0.2) is 0 Å². The van der Waals surface area contributed by atoms with Crippen LogP contribution in [-0.4, -0.2) is 30.8 Å². The first-order valence-corrected chi connectivity index (χ1v) is 5.70. The summed E-state index contributed by atoms with van der Waals surface area (Å²) < 4.78 is 10.3. The molecule has 2 heterocycles. The Hall–Kier alpha value is -1.33. The number of pyridine rings is 1. The first-order chi connectivity index (χ1) is 8.16. The summed E-state index contributed by atoms with van der Waals surface area (Å²) in [5.41, 5.74) is 6.11. The number of hydrogen-bond donors (Lipinski definition) is 1. The van der Waals surface area contributed by atoms with E-state index in [1.165, 1.54) is 12.3 Å². The first kappa shape index (κ1) is 12.1. The molecule has 0 amide bonds. The Kier molecular flexibility index (Phi) is 3.81. The smallest absolute Gasteiger partial charge is 0.341 e. The summed E-state index contributed by atoms with van der Waals surface area (Å²) in [7, 11) is 0. The molecule has 0 bridgehead atoms. The first-order valence-electron chi connectivity index (χ1n) is 5.32. The van der Waals surface area contributed by atoms with E-state index in [2.05, 4.69) is 4.98 Å². The number of esters is 1. The molecule has 0 aromatic carbocycles. The van der Waals surface area contributed by atoms with Crippen LogP contribution >= 0.6 is 11.6 Å². The molecule has 0 spiro atoms. The third kappa shape index (κ3) is 3.08. The average Bonchev–Trinajstić information content (AvgIpc) is 2.82. The Balaban J connectivity index is 1.96. The molecule has 1 saturated heterocycles. The zero-order chi connectivity index (χ0) is 12.3. The summed E-state index contributed by atoms with van der Waals surface area (Å²) in [5, 5.41) is 0.104. The van der Waals surface area contributed by atoms with Gasteiger partial charge in [0.1, 0.15) is 5.15 Å². The van der Waals surface area contributed by atoms with Crippen molar-refractivity contribution in [2.24, 2.45) is 5.92 Å². The highest BCUT2D eigenvalue weighted by atomic mass is 35.5. The Labute approximate surface area is 104 Å². The van der Waals surface area contributed by atoms with Gasteiger partial charge < -0.3 is 15.2 Å². The van der Waals surface area contributed by atoms with Crippen molar-refractivity contribution in [2.45, 2.75) is 6.42 Å². The van der Waals surface area contributed by atoms with E-state index in [1.807, 2.05) is 0 Å². The van der Waals surface area contributed by atoms with Crippen LogP contribution in [0.3, 0.4) is 0 Å². The minimum atomic E-state index is -0.498. The fourth-order valence-electron chi connectivity index (χ4n) is 1.59. The molecule has 2 N–H and O–H groups in total. The zero-order valence-corrected chi connectivity index (χ0v) is 9.94. The van der Waals surface area contributed by atoms with Crippen molar-refractivity contribution in [3.8, 4) is 0 Å². The molecule has 5 nitrogen and oxygen atoms in total. The second-order valence-electron chi connectivity index (χ2n) is 3.94. The van der Waals surface area contributed by atoms with Gasteiger partial charge in [-0.05, 0) is 12.5 Å². The molecule has 1 aliphatic rings. The lowest BCUT2D eigenvalue weighted by Crippen LogP contribution is -2.15. The van der Waals surface area contributed by atoms with Crippen molar-refractivity contribution in [1.29, 1.82) is 0 Å². The molecule has 1 unspecified atom stereocenters. The average molecular weight is 257 g/mol. The number of rotatable bonds is 3. The fraction of sp³-hybridized carbons (Fsp3) is 0.455. The Morgan fingerprint density at radius 2 is 2.53 bits per heavy atom. The number of aromatic nitrogens is 1. The molecule has 1 atom stereocenters. The summed E-state index contributed by atoms with van der Waals surface area (Å²) in [6.45, 7) is 1.70. The minimum Gasteiger partial charge on any atom is -0.462 e. The van der Waals surface area contributed by atoms with Crippen molar-refractivity contribution in [3.05, 3.63) is 23.0 Å². The second-order valence-corrected chi connectivity index (χ2v) is 4.29. The van der Waals surface area contributed by atoms with Crippen LogP contribution in [0.2, 0.25) is 5.15 Å². The molecule has 6 heteroatoms. The predicted molar refractivity (Wildman–Crippen MR) is 62.9 cm³/mol. The molecule has 92 valence electrons. The van der Waals surface area contributed by atoms with Gasteiger partial charge in [0.25, 0.3) is 0 Å². The number of nitrogens with zero attached hydrogens (tertiary/aromatic N) is 1. The van der Waals surface area contributed by atoms with E-state index in [4.69, 9.17) is 26.8 Å². The van der Waals surface area contributed by atoms with Gasteiger partial charge >= 0.3 is 5.97 Å². The van der Waals surface area contributed by atoms with Crippen LogP contribution in [-0.2, 0) is 9.47 Å². The SMILES string of the molecule is Nc1cnc(Cl)c(C(=O)OCC2CCOC2)c1. The molecular weight excluding hydrogens is 244 g/mol. The van der Waals surface area contributed by atoms with E-state index >= 15 is 0 Å². The summed E-state index contributed by atoms with van der Waals surface area (Å²) in [5.74, 6) is -0.228. The summed E-state index contributed by atoms with van der Waals surface area (Å²) >= 11 is 5.79. The van der Waals surface area contributed by atoms with Crippen molar-refractivity contribution < 1.29 is 14.3 Å². The van der Waals surface area contributed by atoms with E-state index in [9.17, 15) is 4.79 Å². The topological polar surface area (TPSA) is 74.4 Å². The third-order valence-electron chi connectivity index (χ3n) is 2.55. The van der Waals surface area contributed by atoms with E-state index in [0.29, 0.717) is 18.9 Å². The molecular formula is C11H13ClN2O3. The van der Waals surface area contributed by atoms with Crippen LogP contribution in [0.15, 0.2) is 12.3 Å². The number of halogens is 1. The van der Waals surface area contributed by atoms with Gasteiger partial charge in [-0.2, -0.15) is 0 Å². The van der Waals surface area contributed by atoms with Crippen molar-refractivity contribution >= 4 is 23.3 Å². The number of carbonyl (C=O) groups is 1. The molecule has 0 radical (unpaired) electrons. The Bertz CT molecular complexity index is 419. The van der Waals surface area contributed by atoms with Gasteiger partial charge in [-0.1, -0.05) is 11.6 Å². The number of hydrogen-bond acceptors (Lipinski definition) is 5. The predicted octanol–water partition coefficient (Wildman–Crippen LogP) is 1.51. The number of ether oxygens (including phenoxy) is 2. The maximum atomic E-state index is 11.7. The van der Waals surface area contributed by atoms with Crippen molar-refractivity contribution in [2.75, 3.05) is 25.6 Å². The maximum Gasteiger partial charge on any atom is 0.341 e. The molecule has 1 fully saturated rings. The number of anilines is 1. The van der Waals surface area contributed by atoms with Crippen LogP contribution in [0.25, 0.3) is 0 Å². The van der Waals surface area contributed by atoms with Crippen LogP contribution in [0.4, 0.5) is 5.69 Å². The van der Waals surface area contributed by atoms with Gasteiger partial charge in [-0.15, -0.1) is 0 Å². The van der Waals surface area contributed by atoms with Gasteiger partial charge in [0.05, 0.1) is 30.7 Å². The molecule has 2 rings (SSSR count). The molecule has 0 saturated carbocycles. The van der Waals surface area contributed by atoms with E-state index in [1.54, 1.807) is 0 Å². The second kappa shape index (κ2) is 5.33. The minimum absolute atomic E-state index is 0.104. The lowest BCUT2D eigenvalue weighted by atomic mass is 10.1. The number of nitrogens with two attached hydrogens (primary N) is 1. The Morgan fingerprint density at radius 3 is 3.24 bits per heavy atom. The normalized spacial score (nSPS) is 19.2. The summed E-state index contributed by atoms with van der Waals surface area (Å²) in [4.78, 5) is 15.5. The molecule has 1 aromatic rings. The highest BCUT2D eigenvalue weighted by molar-refractivity contribution is 6.32. The molecule has 1 aliphatic heterocycles. The summed E-state index contributed by atoms with van der Waals surface area (Å²) in [6, 6.07) is 1.46. The standard InChI is InChI=1S/C11H13ClN2O3/c12-10-9(3-8(13)4-14-10)11(15)17-6-7-1-2-16-5-7/h3-4,7H,1-2,5-6,13H2. The monoisotopic (exact) mass is 256 g/mol. The quantitative estimate of drug-likeness (QED) is 0.655. The zero-order valence-electron chi connectivity index (χ0n) is 9.19. The lowest BCUT2D eigenvalue weighted by Gasteiger charge is -2.09. The lowest BCUT2D eigenvalue weighted by molar-refractivity contribution is 0.0428. The van der Waals surface area contributed by atoms with Crippen LogP contribution < -0.4 is 5.73 Å². The fourth-order valence-corrected chi connectivity index (χ4v) is 1.77. The molecule has 17 heavy (non-hydrogen) atoms. The van der Waals surface area contributed by atoms with Gasteiger partial charge in [-0.3, -0.25) is 0 Å². The Morgan fingerprint density at radius 1 is 1.71 bits per heavy atom. The van der Waals surface area contributed by atoms with Gasteiger partial charge in [-0.25, -0.2) is 9.78 Å². The largest absolute Gasteiger partial charge is 0.462 e. The maximum absolute atomic E-state index is 11.7. The van der Waals surface area contributed by atoms with Crippen molar-refractivity contribution in [3.63, 3.8) is 0 Å². The van der Waals surface area contributed by atoms with E-state index < -0.39 is 5.97 Å². The van der Waals surface area contributed by atoms with Crippen LogP contribution in [0.5, 0.6) is 0 Å². The van der Waals surface area contributed by atoms with E-state index in [-0.39, 0.29) is 16.6 Å². The number of nitrogen functional groups attached to an aromatic ring is 1.